The summed E-state index contributed by atoms with van der Waals surface area (Å²) in [6, 6.07) is 7.34. The zero-order chi connectivity index (χ0) is 17.7. The van der Waals surface area contributed by atoms with E-state index in [1.165, 1.54) is 0 Å². The smallest absolute Gasteiger partial charge is 0.253 e. The summed E-state index contributed by atoms with van der Waals surface area (Å²) in [7, 11) is 1.87. The number of ether oxygens (including phenoxy) is 2. The van der Waals surface area contributed by atoms with E-state index in [0.29, 0.717) is 50.5 Å². The lowest BCUT2D eigenvalue weighted by atomic mass is 9.82. The quantitative estimate of drug-likeness (QED) is 0.788. The van der Waals surface area contributed by atoms with Gasteiger partial charge >= 0.3 is 0 Å². The second-order valence-corrected chi connectivity index (χ2v) is 6.84. The number of piperidine rings is 1. The zero-order valence-electron chi connectivity index (χ0n) is 14.9. The van der Waals surface area contributed by atoms with Crippen LogP contribution < -0.4 is 10.1 Å². The Bertz CT molecular complexity index is 585. The third-order valence-corrected chi connectivity index (χ3v) is 5.22. The highest BCUT2D eigenvalue weighted by Crippen LogP contribution is 2.35. The lowest BCUT2D eigenvalue weighted by Gasteiger charge is -2.46. The Morgan fingerprint density at radius 2 is 2.24 bits per heavy atom. The predicted molar refractivity (Wildman–Crippen MR) is 94.9 cm³/mol. The molecule has 0 bridgehead atoms. The number of benzene rings is 1. The van der Waals surface area contributed by atoms with E-state index in [-0.39, 0.29) is 5.91 Å². The maximum Gasteiger partial charge on any atom is 0.253 e. The van der Waals surface area contributed by atoms with Gasteiger partial charge in [-0.05, 0) is 50.9 Å². The van der Waals surface area contributed by atoms with Crippen LogP contribution in [0.4, 0.5) is 0 Å². The molecule has 1 aromatic carbocycles. The van der Waals surface area contributed by atoms with E-state index in [1.807, 2.05) is 30.1 Å². The van der Waals surface area contributed by atoms with Gasteiger partial charge in [-0.25, -0.2) is 0 Å². The number of aliphatic hydroxyl groups excluding tert-OH is 1. The predicted octanol–water partition coefficient (Wildman–Crippen LogP) is 1.43. The summed E-state index contributed by atoms with van der Waals surface area (Å²) in [5.74, 6) is 0.722. The minimum atomic E-state index is -0.451. The first-order valence-electron chi connectivity index (χ1n) is 9.13. The van der Waals surface area contributed by atoms with Crippen LogP contribution in [0.1, 0.15) is 36.0 Å². The molecule has 2 heterocycles. The summed E-state index contributed by atoms with van der Waals surface area (Å²) in [5.41, 5.74) is 0.190. The van der Waals surface area contributed by atoms with E-state index in [2.05, 4.69) is 5.32 Å². The first-order valence-corrected chi connectivity index (χ1v) is 9.13. The van der Waals surface area contributed by atoms with Crippen LogP contribution in [0.2, 0.25) is 0 Å². The molecule has 2 aliphatic heterocycles. The van der Waals surface area contributed by atoms with E-state index in [4.69, 9.17) is 9.47 Å². The highest BCUT2D eigenvalue weighted by atomic mass is 16.5. The van der Waals surface area contributed by atoms with E-state index in [1.54, 1.807) is 6.07 Å². The summed E-state index contributed by atoms with van der Waals surface area (Å²) in [4.78, 5) is 14.6. The molecule has 3 rings (SSSR count). The fourth-order valence-electron chi connectivity index (χ4n) is 3.65. The van der Waals surface area contributed by atoms with E-state index in [9.17, 15) is 9.90 Å². The van der Waals surface area contributed by atoms with Crippen molar-refractivity contribution in [3.63, 3.8) is 0 Å². The summed E-state index contributed by atoms with van der Waals surface area (Å²) in [6.45, 7) is 3.25. The lowest BCUT2D eigenvalue weighted by Crippen LogP contribution is -2.56. The molecule has 2 saturated heterocycles. The molecule has 1 atom stereocenters. The molecular formula is C19H28N2O4. The number of carbonyl (C=O) groups excluding carboxylic acids is 1. The van der Waals surface area contributed by atoms with E-state index >= 15 is 0 Å². The molecule has 138 valence electrons. The van der Waals surface area contributed by atoms with Crippen molar-refractivity contribution in [2.24, 2.45) is 0 Å². The number of hydrogen-bond acceptors (Lipinski definition) is 5. The Balaban J connectivity index is 1.60. The first kappa shape index (κ1) is 18.2. The third kappa shape index (κ3) is 4.14. The van der Waals surface area contributed by atoms with Gasteiger partial charge in [0.15, 0.2) is 0 Å². The SMILES string of the molecule is CNCCOc1cccc(C(=O)N2CCC3(CC2)OCCC[C@@H]3O)c1. The number of nitrogens with one attached hydrogen (secondary N) is 1. The lowest BCUT2D eigenvalue weighted by molar-refractivity contribution is -0.174. The molecule has 2 aliphatic rings. The first-order chi connectivity index (χ1) is 12.1. The topological polar surface area (TPSA) is 71.0 Å². The minimum absolute atomic E-state index is 0.0132. The molecule has 0 aliphatic carbocycles. The molecule has 0 aromatic heterocycles. The van der Waals surface area contributed by atoms with Crippen LogP contribution >= 0.6 is 0 Å². The Morgan fingerprint density at radius 3 is 2.96 bits per heavy atom. The number of carbonyl (C=O) groups is 1. The van der Waals surface area contributed by atoms with Gasteiger partial charge < -0.3 is 24.8 Å². The fraction of sp³-hybridized carbons (Fsp3) is 0.632. The van der Waals surface area contributed by atoms with Gasteiger partial charge in [0.1, 0.15) is 12.4 Å². The van der Waals surface area contributed by atoms with Crippen molar-refractivity contribution in [3.05, 3.63) is 29.8 Å². The van der Waals surface area contributed by atoms with E-state index < -0.39 is 11.7 Å². The van der Waals surface area contributed by atoms with Crippen LogP contribution in [-0.2, 0) is 4.74 Å². The number of rotatable bonds is 5. The Hall–Kier alpha value is -1.63. The van der Waals surface area contributed by atoms with Crippen LogP contribution in [0.25, 0.3) is 0 Å². The second-order valence-electron chi connectivity index (χ2n) is 6.84. The molecule has 1 aromatic rings. The molecule has 0 unspecified atom stereocenters. The van der Waals surface area contributed by atoms with Crippen molar-refractivity contribution in [2.45, 2.75) is 37.4 Å². The van der Waals surface area contributed by atoms with E-state index in [0.717, 1.165) is 19.4 Å². The summed E-state index contributed by atoms with van der Waals surface area (Å²) in [5, 5.41) is 13.3. The van der Waals surface area contributed by atoms with Crippen molar-refractivity contribution < 1.29 is 19.4 Å². The van der Waals surface area contributed by atoms with Gasteiger partial charge in [-0.3, -0.25) is 4.79 Å². The molecule has 1 spiro atoms. The maximum atomic E-state index is 12.8. The fourth-order valence-corrected chi connectivity index (χ4v) is 3.65. The maximum absolute atomic E-state index is 12.8. The molecule has 0 radical (unpaired) electrons. The van der Waals surface area contributed by atoms with Crippen LogP contribution in [0.3, 0.4) is 0 Å². The van der Waals surface area contributed by atoms with Gasteiger partial charge in [0, 0.05) is 31.8 Å². The van der Waals surface area contributed by atoms with Gasteiger partial charge in [0.2, 0.25) is 0 Å². The van der Waals surface area contributed by atoms with Crippen LogP contribution in [0.5, 0.6) is 5.75 Å². The standard InChI is InChI=1S/C19H28N2O4/c1-20-9-13-24-16-5-2-4-15(14-16)18(23)21-10-7-19(8-11-21)17(22)6-3-12-25-19/h2,4-5,14,17,20,22H,3,6-13H2,1H3/t17-/m0/s1. The molecule has 2 N–H and O–H groups in total. The third-order valence-electron chi connectivity index (χ3n) is 5.22. The summed E-state index contributed by atoms with van der Waals surface area (Å²) >= 11 is 0. The molecule has 6 heteroatoms. The van der Waals surface area contributed by atoms with Crippen molar-refractivity contribution in [1.82, 2.24) is 10.2 Å². The molecule has 1 amide bonds. The number of amides is 1. The molecular weight excluding hydrogens is 320 g/mol. The molecule has 0 saturated carbocycles. The molecule has 25 heavy (non-hydrogen) atoms. The van der Waals surface area contributed by atoms with Gasteiger partial charge in [-0.15, -0.1) is 0 Å². The van der Waals surface area contributed by atoms with Gasteiger partial charge in [-0.2, -0.15) is 0 Å². The monoisotopic (exact) mass is 348 g/mol. The minimum Gasteiger partial charge on any atom is -0.492 e. The van der Waals surface area contributed by atoms with Gasteiger partial charge in [0.25, 0.3) is 5.91 Å². The average molecular weight is 348 g/mol. The van der Waals surface area contributed by atoms with Gasteiger partial charge in [0.05, 0.1) is 11.7 Å². The van der Waals surface area contributed by atoms with Crippen LogP contribution in [-0.4, -0.2) is 67.5 Å². The van der Waals surface area contributed by atoms with Crippen molar-refractivity contribution in [3.8, 4) is 5.75 Å². The van der Waals surface area contributed by atoms with Crippen molar-refractivity contribution in [1.29, 1.82) is 0 Å². The van der Waals surface area contributed by atoms with Crippen molar-refractivity contribution >= 4 is 5.91 Å². The number of likely N-dealkylation sites (tertiary alicyclic amines) is 1. The Labute approximate surface area is 149 Å². The number of hydrogen-bond donors (Lipinski definition) is 2. The molecule has 6 nitrogen and oxygen atoms in total. The largest absolute Gasteiger partial charge is 0.492 e. The van der Waals surface area contributed by atoms with Crippen molar-refractivity contribution in [2.75, 3.05) is 39.9 Å². The number of aliphatic hydroxyl groups is 1. The van der Waals surface area contributed by atoms with Crippen LogP contribution in [0, 0.1) is 0 Å². The molecule has 2 fully saturated rings. The number of likely N-dealkylation sites (N-methyl/N-ethyl adjacent to an activating group) is 1. The van der Waals surface area contributed by atoms with Crippen LogP contribution in [0.15, 0.2) is 24.3 Å². The highest BCUT2D eigenvalue weighted by molar-refractivity contribution is 5.94. The Kier molecular flexibility index (Phi) is 5.93. The van der Waals surface area contributed by atoms with Gasteiger partial charge in [-0.1, -0.05) is 6.07 Å². The second kappa shape index (κ2) is 8.17. The Morgan fingerprint density at radius 1 is 1.44 bits per heavy atom. The zero-order valence-corrected chi connectivity index (χ0v) is 14.9. The number of nitrogens with zero attached hydrogens (tertiary/aromatic N) is 1. The summed E-state index contributed by atoms with van der Waals surface area (Å²) in [6.07, 6.45) is 2.67. The normalized spacial score (nSPS) is 22.8. The average Bonchev–Trinajstić information content (AvgIpc) is 2.65. The summed E-state index contributed by atoms with van der Waals surface area (Å²) < 4.78 is 11.6. The highest BCUT2D eigenvalue weighted by Gasteiger charge is 2.44.